The van der Waals surface area contributed by atoms with Gasteiger partial charge in [0.25, 0.3) is 11.6 Å². The molecule has 0 heterocycles. The average molecular weight is 279 g/mol. The van der Waals surface area contributed by atoms with Crippen molar-refractivity contribution < 1.29 is 14.5 Å². The number of hydrogen-bond donors (Lipinski definition) is 2. The lowest BCUT2D eigenvalue weighted by Crippen LogP contribution is -2.39. The van der Waals surface area contributed by atoms with Crippen LogP contribution in [0.5, 0.6) is 0 Å². The highest BCUT2D eigenvalue weighted by Crippen LogP contribution is 2.18. The first-order valence-corrected chi connectivity index (χ1v) is 6.14. The first-order chi connectivity index (χ1) is 9.31. The Morgan fingerprint density at radius 3 is 2.50 bits per heavy atom. The second-order valence-corrected chi connectivity index (χ2v) is 4.66. The van der Waals surface area contributed by atoms with Gasteiger partial charge >= 0.3 is 0 Å². The molecule has 1 rings (SSSR count). The topological polar surface area (TPSA) is 101 Å². The van der Waals surface area contributed by atoms with E-state index in [1.54, 1.807) is 6.92 Å². The molecule has 0 atom stereocenters. The zero-order chi connectivity index (χ0) is 15.3. The number of nitro benzene ring substituents is 1. The highest BCUT2D eigenvalue weighted by molar-refractivity contribution is 5.96. The van der Waals surface area contributed by atoms with Crippen LogP contribution < -0.4 is 10.6 Å². The van der Waals surface area contributed by atoms with Gasteiger partial charge in [-0.05, 0) is 32.9 Å². The van der Waals surface area contributed by atoms with Crippen molar-refractivity contribution in [3.8, 4) is 0 Å². The Hall–Kier alpha value is -2.44. The lowest BCUT2D eigenvalue weighted by molar-refractivity contribution is -0.385. The third kappa shape index (κ3) is 4.34. The van der Waals surface area contributed by atoms with E-state index in [1.165, 1.54) is 18.2 Å². The third-order valence-corrected chi connectivity index (χ3v) is 2.51. The molecule has 0 saturated heterocycles. The van der Waals surface area contributed by atoms with Gasteiger partial charge in [0.05, 0.1) is 11.5 Å². The first-order valence-electron chi connectivity index (χ1n) is 6.14. The van der Waals surface area contributed by atoms with Gasteiger partial charge in [-0.15, -0.1) is 0 Å². The minimum atomic E-state index is -0.507. The van der Waals surface area contributed by atoms with Crippen LogP contribution in [0.3, 0.4) is 0 Å². The summed E-state index contributed by atoms with van der Waals surface area (Å²) >= 11 is 0. The molecular weight excluding hydrogens is 262 g/mol. The van der Waals surface area contributed by atoms with Crippen molar-refractivity contribution in [2.24, 2.45) is 0 Å². The van der Waals surface area contributed by atoms with Gasteiger partial charge in [0.1, 0.15) is 0 Å². The monoisotopic (exact) mass is 279 g/mol. The number of hydrogen-bond acceptors (Lipinski definition) is 4. The Morgan fingerprint density at radius 2 is 2.00 bits per heavy atom. The third-order valence-electron chi connectivity index (χ3n) is 2.51. The fraction of sp³-hybridized carbons (Fsp3) is 0.385. The van der Waals surface area contributed by atoms with Crippen molar-refractivity contribution in [1.82, 2.24) is 10.6 Å². The van der Waals surface area contributed by atoms with Crippen LogP contribution in [-0.2, 0) is 4.79 Å². The van der Waals surface area contributed by atoms with E-state index in [4.69, 9.17) is 0 Å². The van der Waals surface area contributed by atoms with E-state index in [9.17, 15) is 19.7 Å². The maximum Gasteiger partial charge on any atom is 0.272 e. The Labute approximate surface area is 116 Å². The Morgan fingerprint density at radius 1 is 1.35 bits per heavy atom. The molecule has 0 aliphatic heterocycles. The Bertz CT molecular complexity index is 540. The van der Waals surface area contributed by atoms with Crippen molar-refractivity contribution >= 4 is 17.5 Å². The van der Waals surface area contributed by atoms with E-state index < -0.39 is 10.8 Å². The van der Waals surface area contributed by atoms with E-state index in [-0.39, 0.29) is 29.7 Å². The summed E-state index contributed by atoms with van der Waals surface area (Å²) in [4.78, 5) is 33.4. The Balaban J connectivity index is 2.67. The van der Waals surface area contributed by atoms with Gasteiger partial charge in [-0.2, -0.15) is 0 Å². The second kappa shape index (κ2) is 6.65. The van der Waals surface area contributed by atoms with Crippen LogP contribution in [0.2, 0.25) is 0 Å². The van der Waals surface area contributed by atoms with Crippen molar-refractivity contribution in [2.75, 3.05) is 6.54 Å². The molecule has 0 bridgehead atoms. The fourth-order valence-corrected chi connectivity index (χ4v) is 1.64. The molecule has 20 heavy (non-hydrogen) atoms. The molecule has 0 aliphatic rings. The maximum atomic E-state index is 11.8. The minimum Gasteiger partial charge on any atom is -0.352 e. The number of benzene rings is 1. The van der Waals surface area contributed by atoms with Gasteiger partial charge in [-0.3, -0.25) is 19.7 Å². The van der Waals surface area contributed by atoms with Gasteiger partial charge in [-0.25, -0.2) is 0 Å². The number of carbonyl (C=O) groups is 2. The molecule has 1 aromatic carbocycles. The van der Waals surface area contributed by atoms with Gasteiger partial charge < -0.3 is 10.6 Å². The number of nitro groups is 1. The lowest BCUT2D eigenvalue weighted by atomic mass is 10.1. The standard InChI is InChI=1S/C13H17N3O4/c1-8(2)15-12(17)7-14-13(18)10-4-5-11(16(19)20)9(3)6-10/h4-6,8H,7H2,1-3H3,(H,14,18)(H,15,17). The molecule has 7 nitrogen and oxygen atoms in total. The minimum absolute atomic E-state index is 0.000946. The molecule has 0 fully saturated rings. The number of rotatable bonds is 5. The summed E-state index contributed by atoms with van der Waals surface area (Å²) in [5, 5.41) is 15.8. The summed E-state index contributed by atoms with van der Waals surface area (Å²) in [6.45, 7) is 5.06. The van der Waals surface area contributed by atoms with E-state index in [1.807, 2.05) is 13.8 Å². The molecule has 0 aromatic heterocycles. The molecule has 108 valence electrons. The van der Waals surface area contributed by atoms with Gasteiger partial charge in [-0.1, -0.05) is 0 Å². The molecule has 0 unspecified atom stereocenters. The summed E-state index contributed by atoms with van der Waals surface area (Å²) in [7, 11) is 0. The van der Waals surface area contributed by atoms with Crippen molar-refractivity contribution in [2.45, 2.75) is 26.8 Å². The molecule has 7 heteroatoms. The summed E-state index contributed by atoms with van der Waals surface area (Å²) in [6.07, 6.45) is 0. The number of aryl methyl sites for hydroxylation is 1. The van der Waals surface area contributed by atoms with Crippen LogP contribution in [0.15, 0.2) is 18.2 Å². The van der Waals surface area contributed by atoms with Crippen LogP contribution in [0, 0.1) is 17.0 Å². The predicted molar refractivity (Wildman–Crippen MR) is 73.4 cm³/mol. The highest BCUT2D eigenvalue weighted by Gasteiger charge is 2.14. The molecule has 0 spiro atoms. The van der Waals surface area contributed by atoms with E-state index in [0.717, 1.165) is 0 Å². The van der Waals surface area contributed by atoms with Crippen LogP contribution in [0.4, 0.5) is 5.69 Å². The fourth-order valence-electron chi connectivity index (χ4n) is 1.64. The SMILES string of the molecule is Cc1cc(C(=O)NCC(=O)NC(C)C)ccc1[N+](=O)[O-]. The Kier molecular flexibility index (Phi) is 5.19. The molecule has 0 aliphatic carbocycles. The van der Waals surface area contributed by atoms with Crippen LogP contribution in [0.1, 0.15) is 29.8 Å². The van der Waals surface area contributed by atoms with Crippen LogP contribution >= 0.6 is 0 Å². The number of carbonyl (C=O) groups excluding carboxylic acids is 2. The quantitative estimate of drug-likeness (QED) is 0.623. The molecule has 2 N–H and O–H groups in total. The van der Waals surface area contributed by atoms with Gasteiger partial charge in [0, 0.05) is 23.2 Å². The smallest absolute Gasteiger partial charge is 0.272 e. The average Bonchev–Trinajstić information content (AvgIpc) is 2.34. The summed E-state index contributed by atoms with van der Waals surface area (Å²) in [5.74, 6) is -0.728. The molecule has 1 aromatic rings. The summed E-state index contributed by atoms with van der Waals surface area (Å²) in [5.41, 5.74) is 0.638. The normalized spacial score (nSPS) is 10.2. The number of nitrogens with one attached hydrogen (secondary N) is 2. The highest BCUT2D eigenvalue weighted by atomic mass is 16.6. The van der Waals surface area contributed by atoms with E-state index in [0.29, 0.717) is 5.56 Å². The molecule has 2 amide bonds. The second-order valence-electron chi connectivity index (χ2n) is 4.66. The van der Waals surface area contributed by atoms with Crippen molar-refractivity contribution in [3.05, 3.63) is 39.4 Å². The molecule has 0 saturated carbocycles. The summed E-state index contributed by atoms with van der Waals surface area (Å²) in [6, 6.07) is 4.06. The van der Waals surface area contributed by atoms with Gasteiger partial charge in [0.15, 0.2) is 0 Å². The van der Waals surface area contributed by atoms with E-state index in [2.05, 4.69) is 10.6 Å². The van der Waals surface area contributed by atoms with Crippen LogP contribution in [-0.4, -0.2) is 29.3 Å². The van der Waals surface area contributed by atoms with E-state index >= 15 is 0 Å². The number of amides is 2. The predicted octanol–water partition coefficient (Wildman–Crippen LogP) is 1.16. The van der Waals surface area contributed by atoms with Gasteiger partial charge in [0.2, 0.25) is 5.91 Å². The molecular formula is C13H17N3O4. The maximum absolute atomic E-state index is 11.8. The zero-order valence-electron chi connectivity index (χ0n) is 11.6. The zero-order valence-corrected chi connectivity index (χ0v) is 11.6. The lowest BCUT2D eigenvalue weighted by Gasteiger charge is -2.09. The molecule has 0 radical (unpaired) electrons. The largest absolute Gasteiger partial charge is 0.352 e. The van der Waals surface area contributed by atoms with Crippen molar-refractivity contribution in [1.29, 1.82) is 0 Å². The van der Waals surface area contributed by atoms with Crippen molar-refractivity contribution in [3.63, 3.8) is 0 Å². The summed E-state index contributed by atoms with van der Waals surface area (Å²) < 4.78 is 0. The number of nitrogens with zero attached hydrogens (tertiary/aromatic N) is 1. The first kappa shape index (κ1) is 15.6. The van der Waals surface area contributed by atoms with Crippen LogP contribution in [0.25, 0.3) is 0 Å².